The van der Waals surface area contributed by atoms with Gasteiger partial charge in [0.05, 0.1) is 22.7 Å². The summed E-state index contributed by atoms with van der Waals surface area (Å²) >= 11 is 0. The largest absolute Gasteiger partial charge is 0.444 e. The highest BCUT2D eigenvalue weighted by molar-refractivity contribution is 7.65. The monoisotopic (exact) mass is 559 g/mol. The topological polar surface area (TPSA) is 80.2 Å². The number of benzene rings is 1. The molecule has 2 aliphatic heterocycles. The number of hydrogen-bond donors (Lipinski definition) is 1. The minimum absolute atomic E-state index is 0.238. The molecule has 0 radical (unpaired) electrons. The second-order valence-corrected chi connectivity index (χ2v) is 13.4. The lowest BCUT2D eigenvalue weighted by Gasteiger charge is -2.33. The molecule has 1 aromatic carbocycles. The lowest BCUT2D eigenvalue weighted by molar-refractivity contribution is -0.138. The zero-order chi connectivity index (χ0) is 27.8. The fraction of sp³-hybridized carbons (Fsp3) is 0.500. The summed E-state index contributed by atoms with van der Waals surface area (Å²) in [7, 11) is -0.586. The molecule has 2 aromatic heterocycles. The van der Waals surface area contributed by atoms with Gasteiger partial charge >= 0.3 is 12.3 Å². The fourth-order valence-electron chi connectivity index (χ4n) is 5.06. The highest BCUT2D eigenvalue weighted by atomic mass is 31.1. The third-order valence-corrected chi connectivity index (χ3v) is 9.34. The fourth-order valence-corrected chi connectivity index (χ4v) is 7.24. The highest BCUT2D eigenvalue weighted by Crippen LogP contribution is 2.38. The first-order chi connectivity index (χ1) is 18.5. The van der Waals surface area contributed by atoms with E-state index in [0.29, 0.717) is 61.5 Å². The number of alkyl halides is 3. The Labute approximate surface area is 227 Å². The molecule has 2 aliphatic rings. The molecule has 0 unspecified atom stereocenters. The van der Waals surface area contributed by atoms with E-state index in [1.165, 1.54) is 12.1 Å². The van der Waals surface area contributed by atoms with E-state index in [-0.39, 0.29) is 12.6 Å². The maximum Gasteiger partial charge on any atom is 0.416 e. The molecule has 1 fully saturated rings. The molecule has 5 rings (SSSR count). The van der Waals surface area contributed by atoms with E-state index in [2.05, 4.69) is 5.32 Å². The van der Waals surface area contributed by atoms with Crippen molar-refractivity contribution in [1.82, 2.24) is 19.9 Å². The number of aryl methyl sites for hydroxylation is 1. The molecule has 7 nitrogen and oxygen atoms in total. The lowest BCUT2D eigenvalue weighted by atomic mass is 9.95. The molecule has 0 saturated carbocycles. The van der Waals surface area contributed by atoms with E-state index in [1.54, 1.807) is 17.2 Å². The number of rotatable bonds is 1. The normalized spacial score (nSPS) is 17.2. The number of fused-ring (bicyclic) bond motifs is 5. The second kappa shape index (κ2) is 10.9. The maximum absolute atomic E-state index is 13.7. The average molecular weight is 560 g/mol. The van der Waals surface area contributed by atoms with Crippen molar-refractivity contribution in [3.8, 4) is 0 Å². The van der Waals surface area contributed by atoms with Gasteiger partial charge in [0.15, 0.2) is 0 Å². The van der Waals surface area contributed by atoms with Crippen LogP contribution in [-0.4, -0.2) is 57.0 Å². The highest BCUT2D eigenvalue weighted by Gasteiger charge is 2.34. The number of pyridine rings is 1. The van der Waals surface area contributed by atoms with Crippen molar-refractivity contribution in [3.05, 3.63) is 53.0 Å². The van der Waals surface area contributed by atoms with Gasteiger partial charge in [0.25, 0.3) is 0 Å². The summed E-state index contributed by atoms with van der Waals surface area (Å²) in [6, 6.07) is 6.42. The number of halogens is 3. The second-order valence-electron chi connectivity index (χ2n) is 11.0. The van der Waals surface area contributed by atoms with Gasteiger partial charge in [-0.15, -0.1) is 0 Å². The molecule has 3 aromatic rings. The Morgan fingerprint density at radius 1 is 1.08 bits per heavy atom. The van der Waals surface area contributed by atoms with Crippen LogP contribution in [0.4, 0.5) is 23.8 Å². The minimum Gasteiger partial charge on any atom is -0.444 e. The summed E-state index contributed by atoms with van der Waals surface area (Å²) in [6.45, 7) is 7.04. The molecule has 1 saturated heterocycles. The number of amides is 1. The predicted molar refractivity (Wildman–Crippen MR) is 147 cm³/mol. The Bertz CT molecular complexity index is 1370. The summed E-state index contributed by atoms with van der Waals surface area (Å²) < 4.78 is 46.8. The van der Waals surface area contributed by atoms with Crippen LogP contribution in [0, 0.1) is 0 Å². The quantitative estimate of drug-likeness (QED) is 0.375. The SMILES string of the molecule is CC(C)(C)OC(=O)N1CCP(c2cc3c4nc(nc3cn2)CCCCc2c(cccc2C(F)(F)F)CN4)CC1. The zero-order valence-corrected chi connectivity index (χ0v) is 23.3. The van der Waals surface area contributed by atoms with Crippen molar-refractivity contribution in [2.24, 2.45) is 0 Å². The summed E-state index contributed by atoms with van der Waals surface area (Å²) in [5.74, 6) is 1.28. The Hall–Kier alpha value is -3.00. The van der Waals surface area contributed by atoms with Crippen LogP contribution in [0.1, 0.15) is 56.1 Å². The first kappa shape index (κ1) is 27.6. The molecule has 39 heavy (non-hydrogen) atoms. The van der Waals surface area contributed by atoms with Crippen molar-refractivity contribution in [1.29, 1.82) is 0 Å². The number of nitrogens with one attached hydrogen (secondary N) is 1. The maximum atomic E-state index is 13.7. The van der Waals surface area contributed by atoms with Gasteiger partial charge in [-0.3, -0.25) is 4.98 Å². The molecule has 1 N–H and O–H groups in total. The number of hydrogen-bond acceptors (Lipinski definition) is 6. The van der Waals surface area contributed by atoms with Crippen LogP contribution < -0.4 is 10.8 Å². The van der Waals surface area contributed by atoms with Crippen LogP contribution in [0.25, 0.3) is 10.9 Å². The first-order valence-corrected chi connectivity index (χ1v) is 15.0. The van der Waals surface area contributed by atoms with Crippen molar-refractivity contribution >= 4 is 36.2 Å². The van der Waals surface area contributed by atoms with E-state index in [4.69, 9.17) is 19.7 Å². The van der Waals surface area contributed by atoms with Gasteiger partial charge in [0, 0.05) is 31.4 Å². The standard InChI is InChI=1S/C28H33F3N5O2P/c1-27(2,3)38-26(37)36-11-13-39(14-12-36)24-15-20-22(17-32-24)34-23-10-5-4-8-19-18(16-33-25(20)35-23)7-6-9-21(19)28(29,30)31/h6-7,9,15,17H,4-5,8,10-14,16H2,1-3H3,(H,33,34,35). The van der Waals surface area contributed by atoms with E-state index in [1.807, 2.05) is 26.8 Å². The third kappa shape index (κ3) is 6.43. The predicted octanol–water partition coefficient (Wildman–Crippen LogP) is 5.89. The molecule has 2 bridgehead atoms. The number of aromatic nitrogens is 3. The number of carbonyl (C=O) groups is 1. The van der Waals surface area contributed by atoms with Gasteiger partial charge in [-0.25, -0.2) is 14.8 Å². The summed E-state index contributed by atoms with van der Waals surface area (Å²) in [6.07, 6.45) is 1.01. The van der Waals surface area contributed by atoms with E-state index >= 15 is 0 Å². The molecule has 4 heterocycles. The molecule has 0 spiro atoms. The summed E-state index contributed by atoms with van der Waals surface area (Å²) in [5, 5.41) is 4.14. The molecule has 11 heteroatoms. The Kier molecular flexibility index (Phi) is 7.68. The molecular formula is C28H33F3N5O2P. The molecular weight excluding hydrogens is 526 g/mol. The first-order valence-electron chi connectivity index (χ1n) is 13.3. The van der Waals surface area contributed by atoms with E-state index in [0.717, 1.165) is 28.7 Å². The van der Waals surface area contributed by atoms with Crippen LogP contribution in [0.3, 0.4) is 0 Å². The van der Waals surface area contributed by atoms with Crippen molar-refractivity contribution in [2.45, 2.75) is 64.8 Å². The Balaban J connectivity index is 1.40. The number of ether oxygens (including phenoxy) is 1. The van der Waals surface area contributed by atoms with Gasteiger partial charge in [-0.2, -0.15) is 13.2 Å². The minimum atomic E-state index is -4.39. The Morgan fingerprint density at radius 3 is 2.54 bits per heavy atom. The molecule has 0 aliphatic carbocycles. The van der Waals surface area contributed by atoms with Crippen LogP contribution in [0.5, 0.6) is 0 Å². The van der Waals surface area contributed by atoms with Crippen LogP contribution >= 0.6 is 7.92 Å². The molecule has 0 atom stereocenters. The van der Waals surface area contributed by atoms with Crippen LogP contribution in [-0.2, 0) is 30.3 Å². The van der Waals surface area contributed by atoms with Gasteiger partial charge in [0.2, 0.25) is 0 Å². The van der Waals surface area contributed by atoms with E-state index in [9.17, 15) is 18.0 Å². The van der Waals surface area contributed by atoms with Crippen molar-refractivity contribution in [2.75, 3.05) is 30.7 Å². The van der Waals surface area contributed by atoms with Gasteiger partial charge in [-0.1, -0.05) is 20.1 Å². The van der Waals surface area contributed by atoms with Gasteiger partial charge in [-0.05, 0) is 75.6 Å². The summed E-state index contributed by atoms with van der Waals surface area (Å²) in [5.41, 5.74) is 1.58. The number of carbonyl (C=O) groups excluding carboxylic acids is 1. The average Bonchev–Trinajstić information content (AvgIpc) is 2.91. The number of anilines is 1. The Morgan fingerprint density at radius 2 is 1.82 bits per heavy atom. The van der Waals surface area contributed by atoms with Crippen LogP contribution in [0.2, 0.25) is 0 Å². The molecule has 208 valence electrons. The smallest absolute Gasteiger partial charge is 0.416 e. The third-order valence-electron chi connectivity index (χ3n) is 6.97. The van der Waals surface area contributed by atoms with E-state index < -0.39 is 25.3 Å². The van der Waals surface area contributed by atoms with Gasteiger partial charge < -0.3 is 15.0 Å². The molecule has 1 amide bonds. The lowest BCUT2D eigenvalue weighted by Crippen LogP contribution is -2.43. The van der Waals surface area contributed by atoms with Crippen molar-refractivity contribution < 1.29 is 22.7 Å². The number of nitrogens with zero attached hydrogens (tertiary/aromatic N) is 4. The van der Waals surface area contributed by atoms with Crippen LogP contribution in [0.15, 0.2) is 30.5 Å². The van der Waals surface area contributed by atoms with Crippen molar-refractivity contribution in [3.63, 3.8) is 0 Å². The van der Waals surface area contributed by atoms with Gasteiger partial charge in [0.1, 0.15) is 17.2 Å². The summed E-state index contributed by atoms with van der Waals surface area (Å²) in [4.78, 5) is 28.4. The zero-order valence-electron chi connectivity index (χ0n) is 22.4.